The molecule has 0 saturated carbocycles. The molecule has 6 heteroatoms. The molecule has 2 nitrogen and oxygen atoms in total. The average Bonchev–Trinajstić information content (AvgIpc) is 2.19. The minimum atomic E-state index is -4.76. The molecule has 0 fully saturated rings. The Hall–Kier alpha value is -1.59. The fourth-order valence-electron chi connectivity index (χ4n) is 1.34. The van der Waals surface area contributed by atoms with Crippen LogP contribution in [0.4, 0.5) is 17.6 Å². The zero-order chi connectivity index (χ0) is 13.1. The molecule has 0 N–H and O–H groups in total. The fourth-order valence-corrected chi connectivity index (χ4v) is 1.34. The van der Waals surface area contributed by atoms with Gasteiger partial charge in [-0.2, -0.15) is 13.2 Å². The van der Waals surface area contributed by atoms with Crippen LogP contribution in [0, 0.1) is 5.82 Å². The molecular formula is C11H10F4O2. The summed E-state index contributed by atoms with van der Waals surface area (Å²) in [5.41, 5.74) is -0.336. The molecule has 0 aromatic heterocycles. The summed E-state index contributed by atoms with van der Waals surface area (Å²) in [6.07, 6.45) is -4.76. The van der Waals surface area contributed by atoms with E-state index in [2.05, 4.69) is 4.74 Å². The van der Waals surface area contributed by atoms with Crippen molar-refractivity contribution in [3.05, 3.63) is 35.6 Å². The van der Waals surface area contributed by atoms with Gasteiger partial charge in [-0.3, -0.25) is 4.79 Å². The van der Waals surface area contributed by atoms with E-state index in [-0.39, 0.29) is 12.2 Å². The molecule has 1 rings (SSSR count). The average molecular weight is 250 g/mol. The third-order valence-electron chi connectivity index (χ3n) is 2.05. The highest BCUT2D eigenvalue weighted by Gasteiger charge is 2.47. The van der Waals surface area contributed by atoms with Crippen molar-refractivity contribution in [2.75, 3.05) is 6.61 Å². The third-order valence-corrected chi connectivity index (χ3v) is 2.05. The smallest absolute Gasteiger partial charge is 0.406 e. The molecule has 0 heterocycles. The number of ether oxygens (including phenoxy) is 1. The van der Waals surface area contributed by atoms with E-state index in [0.29, 0.717) is 0 Å². The molecule has 1 aromatic rings. The van der Waals surface area contributed by atoms with Crippen LogP contribution in [0.5, 0.6) is 0 Å². The zero-order valence-corrected chi connectivity index (χ0v) is 8.92. The van der Waals surface area contributed by atoms with Crippen LogP contribution in [0.25, 0.3) is 0 Å². The van der Waals surface area contributed by atoms with Crippen molar-refractivity contribution in [2.24, 2.45) is 0 Å². The first-order valence-electron chi connectivity index (χ1n) is 4.85. The number of carbonyl (C=O) groups excluding carboxylic acids is 1. The summed E-state index contributed by atoms with van der Waals surface area (Å²) in [5, 5.41) is 0. The summed E-state index contributed by atoms with van der Waals surface area (Å²) in [5.74, 6) is -4.42. The molecule has 0 spiro atoms. The largest absolute Gasteiger partial charge is 0.465 e. The number of rotatable bonds is 3. The maximum Gasteiger partial charge on any atom is 0.406 e. The number of carbonyl (C=O) groups is 1. The third kappa shape index (κ3) is 3.44. The number of alkyl halides is 3. The van der Waals surface area contributed by atoms with Gasteiger partial charge in [0.25, 0.3) is 0 Å². The van der Waals surface area contributed by atoms with Crippen molar-refractivity contribution >= 4 is 5.97 Å². The van der Waals surface area contributed by atoms with E-state index in [1.165, 1.54) is 6.92 Å². The lowest BCUT2D eigenvalue weighted by Gasteiger charge is -2.18. The van der Waals surface area contributed by atoms with E-state index in [0.717, 1.165) is 24.3 Å². The fraction of sp³-hybridized carbons (Fsp3) is 0.364. The predicted molar refractivity (Wildman–Crippen MR) is 51.8 cm³/mol. The Kier molecular flexibility index (Phi) is 4.09. The van der Waals surface area contributed by atoms with Crippen LogP contribution in [0.3, 0.4) is 0 Å². The Balaban J connectivity index is 3.07. The number of benzene rings is 1. The van der Waals surface area contributed by atoms with Crippen LogP contribution in [0.1, 0.15) is 18.4 Å². The Morgan fingerprint density at radius 3 is 2.24 bits per heavy atom. The van der Waals surface area contributed by atoms with Gasteiger partial charge < -0.3 is 4.74 Å². The lowest BCUT2D eigenvalue weighted by atomic mass is 9.99. The molecule has 0 amide bonds. The van der Waals surface area contributed by atoms with Crippen LogP contribution in [-0.4, -0.2) is 18.8 Å². The number of esters is 1. The van der Waals surface area contributed by atoms with E-state index in [1.807, 2.05) is 0 Å². The Morgan fingerprint density at radius 1 is 1.29 bits per heavy atom. The first-order chi connectivity index (χ1) is 7.86. The minimum absolute atomic E-state index is 0.146. The van der Waals surface area contributed by atoms with Crippen LogP contribution in [0.15, 0.2) is 24.3 Å². The minimum Gasteiger partial charge on any atom is -0.465 e. The number of hydrogen-bond acceptors (Lipinski definition) is 2. The maximum atomic E-state index is 12.7. The Labute approximate surface area is 95.2 Å². The van der Waals surface area contributed by atoms with Crippen molar-refractivity contribution in [1.29, 1.82) is 0 Å². The molecule has 1 unspecified atom stereocenters. The summed E-state index contributed by atoms with van der Waals surface area (Å²) in [4.78, 5) is 11.2. The van der Waals surface area contributed by atoms with Gasteiger partial charge in [-0.15, -0.1) is 0 Å². The van der Waals surface area contributed by atoms with Crippen LogP contribution >= 0.6 is 0 Å². The molecule has 0 aliphatic carbocycles. The Morgan fingerprint density at radius 2 is 1.82 bits per heavy atom. The van der Waals surface area contributed by atoms with Crippen LogP contribution in [-0.2, 0) is 9.53 Å². The SMILES string of the molecule is CCOC(=O)C(c1ccc(F)cc1)C(F)(F)F. The molecule has 0 bridgehead atoms. The number of hydrogen-bond donors (Lipinski definition) is 0. The van der Waals surface area contributed by atoms with Crippen molar-refractivity contribution in [1.82, 2.24) is 0 Å². The van der Waals surface area contributed by atoms with Gasteiger partial charge in [-0.25, -0.2) is 4.39 Å². The molecule has 0 aliphatic heterocycles. The van der Waals surface area contributed by atoms with Crippen molar-refractivity contribution in [3.8, 4) is 0 Å². The summed E-state index contributed by atoms with van der Waals surface area (Å²) < 4.78 is 55.0. The molecule has 1 aromatic carbocycles. The van der Waals surface area contributed by atoms with Gasteiger partial charge >= 0.3 is 12.1 Å². The Bertz CT molecular complexity index is 383. The molecule has 94 valence electrons. The second-order valence-electron chi connectivity index (χ2n) is 3.28. The van der Waals surface area contributed by atoms with Crippen molar-refractivity contribution in [3.63, 3.8) is 0 Å². The van der Waals surface area contributed by atoms with Gasteiger partial charge in [-0.1, -0.05) is 12.1 Å². The lowest BCUT2D eigenvalue weighted by molar-refractivity contribution is -0.180. The summed E-state index contributed by atoms with van der Waals surface area (Å²) >= 11 is 0. The number of halogens is 4. The molecule has 0 aliphatic rings. The maximum absolute atomic E-state index is 12.7. The molecular weight excluding hydrogens is 240 g/mol. The highest BCUT2D eigenvalue weighted by molar-refractivity contribution is 5.79. The highest BCUT2D eigenvalue weighted by Crippen LogP contribution is 2.35. The summed E-state index contributed by atoms with van der Waals surface area (Å²) in [7, 11) is 0. The van der Waals surface area contributed by atoms with E-state index in [1.54, 1.807) is 0 Å². The lowest BCUT2D eigenvalue weighted by Crippen LogP contribution is -2.30. The quantitative estimate of drug-likeness (QED) is 0.608. The standard InChI is InChI=1S/C11H10F4O2/c1-2-17-10(16)9(11(13,14)15)7-3-5-8(12)6-4-7/h3-6,9H,2H2,1H3. The van der Waals surface area contributed by atoms with Crippen LogP contribution < -0.4 is 0 Å². The molecule has 17 heavy (non-hydrogen) atoms. The molecule has 0 radical (unpaired) electrons. The normalized spacial score (nSPS) is 13.2. The molecule has 1 atom stereocenters. The van der Waals surface area contributed by atoms with Crippen LogP contribution in [0.2, 0.25) is 0 Å². The van der Waals surface area contributed by atoms with Crippen molar-refractivity contribution in [2.45, 2.75) is 19.0 Å². The highest BCUT2D eigenvalue weighted by atomic mass is 19.4. The first-order valence-corrected chi connectivity index (χ1v) is 4.85. The van der Waals surface area contributed by atoms with Gasteiger partial charge in [-0.05, 0) is 24.6 Å². The second-order valence-corrected chi connectivity index (χ2v) is 3.28. The summed E-state index contributed by atoms with van der Waals surface area (Å²) in [6, 6.07) is 3.58. The van der Waals surface area contributed by atoms with E-state index < -0.39 is 23.9 Å². The zero-order valence-electron chi connectivity index (χ0n) is 8.92. The molecule has 0 saturated heterocycles. The van der Waals surface area contributed by atoms with Gasteiger partial charge in [0.2, 0.25) is 0 Å². The summed E-state index contributed by atoms with van der Waals surface area (Å²) in [6.45, 7) is 1.27. The van der Waals surface area contributed by atoms with Gasteiger partial charge in [0.1, 0.15) is 5.82 Å². The monoisotopic (exact) mass is 250 g/mol. The second kappa shape index (κ2) is 5.16. The van der Waals surface area contributed by atoms with E-state index in [9.17, 15) is 22.4 Å². The van der Waals surface area contributed by atoms with Gasteiger partial charge in [0.05, 0.1) is 6.61 Å². The van der Waals surface area contributed by atoms with Gasteiger partial charge in [0.15, 0.2) is 5.92 Å². The van der Waals surface area contributed by atoms with E-state index in [4.69, 9.17) is 0 Å². The van der Waals surface area contributed by atoms with Crippen molar-refractivity contribution < 1.29 is 27.1 Å². The van der Waals surface area contributed by atoms with Gasteiger partial charge in [0, 0.05) is 0 Å². The van der Waals surface area contributed by atoms with E-state index >= 15 is 0 Å². The topological polar surface area (TPSA) is 26.3 Å². The first kappa shape index (κ1) is 13.5. The predicted octanol–water partition coefficient (Wildman–Crippen LogP) is 3.03.